The Morgan fingerprint density at radius 3 is 2.65 bits per heavy atom. The Labute approximate surface area is 112 Å². The fourth-order valence-electron chi connectivity index (χ4n) is 2.45. The monoisotopic (exact) mass is 257 g/mol. The molecule has 4 heteroatoms. The lowest BCUT2D eigenvalue weighted by molar-refractivity contribution is 0.223. The highest BCUT2D eigenvalue weighted by Crippen LogP contribution is 2.15. The first-order valence-corrected chi connectivity index (χ1v) is 7.40. The largest absolute Gasteiger partial charge is 0.363 e. The van der Waals surface area contributed by atoms with Gasteiger partial charge in [-0.15, -0.1) is 0 Å². The molecule has 1 N–H and O–H groups in total. The van der Waals surface area contributed by atoms with E-state index in [1.165, 1.54) is 19.3 Å². The molecule has 1 rings (SSSR count). The first-order valence-electron chi connectivity index (χ1n) is 6.99. The molecule has 1 fully saturated rings. The van der Waals surface area contributed by atoms with E-state index in [0.717, 1.165) is 37.8 Å². The highest BCUT2D eigenvalue weighted by Gasteiger charge is 2.27. The molecule has 0 bridgehead atoms. The molecule has 100 valence electrons. The second-order valence-corrected chi connectivity index (χ2v) is 5.08. The van der Waals surface area contributed by atoms with E-state index in [0.29, 0.717) is 6.04 Å². The highest BCUT2D eigenvalue weighted by atomic mass is 32.1. The molecule has 0 amide bonds. The highest BCUT2D eigenvalue weighted by molar-refractivity contribution is 7.80. The number of nitrogens with one attached hydrogen (secondary N) is 1. The van der Waals surface area contributed by atoms with Gasteiger partial charge in [0.05, 0.1) is 0 Å². The summed E-state index contributed by atoms with van der Waals surface area (Å²) in [6.07, 6.45) is 3.67. The van der Waals surface area contributed by atoms with Crippen molar-refractivity contribution >= 4 is 17.3 Å². The van der Waals surface area contributed by atoms with Gasteiger partial charge in [0.15, 0.2) is 5.11 Å². The van der Waals surface area contributed by atoms with Crippen molar-refractivity contribution in [2.45, 2.75) is 46.1 Å². The predicted octanol–water partition coefficient (Wildman–Crippen LogP) is 2.08. The van der Waals surface area contributed by atoms with Gasteiger partial charge < -0.3 is 10.2 Å². The molecule has 1 heterocycles. The third-order valence-electron chi connectivity index (χ3n) is 3.59. The van der Waals surface area contributed by atoms with Crippen LogP contribution in [0, 0.1) is 0 Å². The van der Waals surface area contributed by atoms with Gasteiger partial charge in [0, 0.05) is 25.7 Å². The van der Waals surface area contributed by atoms with Crippen LogP contribution in [0.1, 0.15) is 40.0 Å². The predicted molar refractivity (Wildman–Crippen MR) is 78.4 cm³/mol. The van der Waals surface area contributed by atoms with E-state index in [9.17, 15) is 0 Å². The van der Waals surface area contributed by atoms with E-state index in [4.69, 9.17) is 12.2 Å². The molecular weight excluding hydrogens is 230 g/mol. The van der Waals surface area contributed by atoms with E-state index in [-0.39, 0.29) is 0 Å². The van der Waals surface area contributed by atoms with Crippen LogP contribution in [-0.4, -0.2) is 53.7 Å². The van der Waals surface area contributed by atoms with Crippen molar-refractivity contribution in [1.29, 1.82) is 0 Å². The molecule has 1 aliphatic rings. The lowest BCUT2D eigenvalue weighted by Crippen LogP contribution is -2.42. The minimum Gasteiger partial charge on any atom is -0.363 e. The second kappa shape index (κ2) is 7.88. The number of likely N-dealkylation sites (N-methyl/N-ethyl adjacent to an activating group) is 1. The maximum absolute atomic E-state index is 5.44. The first kappa shape index (κ1) is 14.7. The third-order valence-corrected chi connectivity index (χ3v) is 3.99. The molecular formula is C13H27N3S. The average molecular weight is 257 g/mol. The van der Waals surface area contributed by atoms with Crippen molar-refractivity contribution in [1.82, 2.24) is 15.1 Å². The van der Waals surface area contributed by atoms with Gasteiger partial charge in [0.25, 0.3) is 0 Å². The number of nitrogens with zero attached hydrogens (tertiary/aromatic N) is 2. The number of hydrogen-bond acceptors (Lipinski definition) is 2. The summed E-state index contributed by atoms with van der Waals surface area (Å²) in [4.78, 5) is 4.86. The normalized spacial score (nSPS) is 20.0. The number of unbranched alkanes of at least 4 members (excludes halogenated alkanes) is 1. The molecule has 0 aromatic heterocycles. The van der Waals surface area contributed by atoms with Crippen molar-refractivity contribution in [2.24, 2.45) is 0 Å². The van der Waals surface area contributed by atoms with Crippen LogP contribution in [0.4, 0.5) is 0 Å². The minimum absolute atomic E-state index is 0.691. The van der Waals surface area contributed by atoms with Crippen molar-refractivity contribution < 1.29 is 0 Å². The fourth-order valence-corrected chi connectivity index (χ4v) is 2.72. The number of hydrogen-bond donors (Lipinski definition) is 1. The Hall–Kier alpha value is -0.350. The maximum Gasteiger partial charge on any atom is 0.168 e. The lowest BCUT2D eigenvalue weighted by Gasteiger charge is -2.27. The minimum atomic E-state index is 0.691. The molecule has 1 unspecified atom stereocenters. The van der Waals surface area contributed by atoms with Crippen molar-refractivity contribution in [3.63, 3.8) is 0 Å². The zero-order valence-corrected chi connectivity index (χ0v) is 12.4. The molecule has 3 nitrogen and oxygen atoms in total. The SMILES string of the molecule is CCCCNC(=S)N1CCC(N(CC)CC)C1. The van der Waals surface area contributed by atoms with Crippen molar-refractivity contribution in [3.8, 4) is 0 Å². The summed E-state index contributed by atoms with van der Waals surface area (Å²) in [5.74, 6) is 0. The molecule has 1 atom stereocenters. The molecule has 1 aliphatic heterocycles. The summed E-state index contributed by atoms with van der Waals surface area (Å²) in [6.45, 7) is 12.2. The Kier molecular flexibility index (Phi) is 6.82. The zero-order valence-electron chi connectivity index (χ0n) is 11.5. The molecule has 0 aromatic carbocycles. The average Bonchev–Trinajstić information content (AvgIpc) is 2.80. The second-order valence-electron chi connectivity index (χ2n) is 4.70. The van der Waals surface area contributed by atoms with Gasteiger partial charge in [-0.3, -0.25) is 4.90 Å². The summed E-state index contributed by atoms with van der Waals surface area (Å²) in [6, 6.07) is 0.691. The third kappa shape index (κ3) is 4.43. The van der Waals surface area contributed by atoms with Crippen LogP contribution >= 0.6 is 12.2 Å². The number of thiocarbonyl (C=S) groups is 1. The standard InChI is InChI=1S/C13H27N3S/c1-4-7-9-14-13(17)16-10-8-12(11-16)15(5-2)6-3/h12H,4-11H2,1-3H3,(H,14,17). The van der Waals surface area contributed by atoms with Gasteiger partial charge >= 0.3 is 0 Å². The Bertz CT molecular complexity index is 229. The van der Waals surface area contributed by atoms with Gasteiger partial charge in [0.1, 0.15) is 0 Å². The van der Waals surface area contributed by atoms with Crippen LogP contribution in [0.2, 0.25) is 0 Å². The quantitative estimate of drug-likeness (QED) is 0.580. The zero-order chi connectivity index (χ0) is 12.7. The van der Waals surface area contributed by atoms with E-state index < -0.39 is 0 Å². The summed E-state index contributed by atoms with van der Waals surface area (Å²) < 4.78 is 0. The lowest BCUT2D eigenvalue weighted by atomic mass is 10.2. The van der Waals surface area contributed by atoms with Crippen molar-refractivity contribution in [2.75, 3.05) is 32.7 Å². The van der Waals surface area contributed by atoms with Crippen molar-refractivity contribution in [3.05, 3.63) is 0 Å². The topological polar surface area (TPSA) is 18.5 Å². The summed E-state index contributed by atoms with van der Waals surface area (Å²) in [7, 11) is 0. The van der Waals surface area contributed by atoms with Crippen LogP contribution < -0.4 is 5.32 Å². The van der Waals surface area contributed by atoms with Gasteiger partial charge in [-0.25, -0.2) is 0 Å². The molecule has 0 spiro atoms. The Morgan fingerprint density at radius 1 is 1.35 bits per heavy atom. The van der Waals surface area contributed by atoms with Crippen LogP contribution in [0.15, 0.2) is 0 Å². The van der Waals surface area contributed by atoms with Gasteiger partial charge in [-0.1, -0.05) is 27.2 Å². The summed E-state index contributed by atoms with van der Waals surface area (Å²) >= 11 is 5.44. The molecule has 0 aliphatic carbocycles. The Morgan fingerprint density at radius 2 is 2.06 bits per heavy atom. The van der Waals surface area contributed by atoms with Gasteiger partial charge in [-0.2, -0.15) is 0 Å². The fraction of sp³-hybridized carbons (Fsp3) is 0.923. The smallest absolute Gasteiger partial charge is 0.168 e. The van der Waals surface area contributed by atoms with Crippen LogP contribution in [0.3, 0.4) is 0 Å². The van der Waals surface area contributed by atoms with E-state index in [1.54, 1.807) is 0 Å². The number of rotatable bonds is 6. The molecule has 0 radical (unpaired) electrons. The first-order chi connectivity index (χ1) is 8.22. The molecule has 0 aromatic rings. The van der Waals surface area contributed by atoms with Crippen LogP contribution in [-0.2, 0) is 0 Å². The van der Waals surface area contributed by atoms with Crippen LogP contribution in [0.5, 0.6) is 0 Å². The number of likely N-dealkylation sites (tertiary alicyclic amines) is 1. The Balaban J connectivity index is 2.31. The van der Waals surface area contributed by atoms with E-state index in [1.807, 2.05) is 0 Å². The van der Waals surface area contributed by atoms with E-state index in [2.05, 4.69) is 35.9 Å². The maximum atomic E-state index is 5.44. The van der Waals surface area contributed by atoms with E-state index >= 15 is 0 Å². The van der Waals surface area contributed by atoms with Crippen LogP contribution in [0.25, 0.3) is 0 Å². The van der Waals surface area contributed by atoms with Gasteiger partial charge in [-0.05, 0) is 38.1 Å². The molecule has 17 heavy (non-hydrogen) atoms. The summed E-state index contributed by atoms with van der Waals surface area (Å²) in [5, 5.41) is 4.31. The molecule has 0 saturated carbocycles. The van der Waals surface area contributed by atoms with Gasteiger partial charge in [0.2, 0.25) is 0 Å². The molecule has 1 saturated heterocycles. The summed E-state index contributed by atoms with van der Waals surface area (Å²) in [5.41, 5.74) is 0.